The van der Waals surface area contributed by atoms with Gasteiger partial charge in [-0.3, -0.25) is 9.78 Å². The van der Waals surface area contributed by atoms with Gasteiger partial charge in [0.05, 0.1) is 5.41 Å². The molecule has 4 heteroatoms. The zero-order chi connectivity index (χ0) is 14.3. The summed E-state index contributed by atoms with van der Waals surface area (Å²) in [6, 6.07) is 6.37. The van der Waals surface area contributed by atoms with E-state index in [1.165, 1.54) is 12.1 Å². The Morgan fingerprint density at radius 1 is 1.35 bits per heavy atom. The van der Waals surface area contributed by atoms with Gasteiger partial charge in [-0.25, -0.2) is 4.39 Å². The number of carboxylic acid groups (broad SMARTS) is 1. The summed E-state index contributed by atoms with van der Waals surface area (Å²) in [5, 5.41) is 9.33. The lowest BCUT2D eigenvalue weighted by Gasteiger charge is -2.13. The van der Waals surface area contributed by atoms with Crippen LogP contribution in [0.5, 0.6) is 0 Å². The van der Waals surface area contributed by atoms with Crippen molar-refractivity contribution < 1.29 is 14.3 Å². The van der Waals surface area contributed by atoms with Crippen molar-refractivity contribution in [1.82, 2.24) is 4.98 Å². The van der Waals surface area contributed by atoms with Gasteiger partial charge in [0.2, 0.25) is 0 Å². The summed E-state index contributed by atoms with van der Waals surface area (Å²) in [6.45, 7) is 1.90. The number of pyridine rings is 1. The standard InChI is InChI=1S/C16H14FNO2/c1-10-9-18-5-2-14(10)11-6-12(8-13(17)7-11)16(3-4-16)15(19)20/h2,5-9H,3-4H2,1H3,(H,19,20). The van der Waals surface area contributed by atoms with Gasteiger partial charge in [-0.2, -0.15) is 0 Å². The van der Waals surface area contributed by atoms with Crippen LogP contribution in [0.3, 0.4) is 0 Å². The third-order valence-corrected chi connectivity index (χ3v) is 3.94. The van der Waals surface area contributed by atoms with Gasteiger partial charge in [-0.1, -0.05) is 0 Å². The van der Waals surface area contributed by atoms with E-state index < -0.39 is 17.2 Å². The highest BCUT2D eigenvalue weighted by Gasteiger charge is 2.52. The van der Waals surface area contributed by atoms with Gasteiger partial charge >= 0.3 is 5.97 Å². The smallest absolute Gasteiger partial charge is 0.314 e. The fourth-order valence-electron chi connectivity index (χ4n) is 2.57. The Hall–Kier alpha value is -2.23. The molecule has 1 aromatic carbocycles. The Balaban J connectivity index is 2.13. The maximum absolute atomic E-state index is 13.9. The van der Waals surface area contributed by atoms with Crippen LogP contribution >= 0.6 is 0 Å². The van der Waals surface area contributed by atoms with E-state index in [0.717, 1.165) is 11.1 Å². The van der Waals surface area contributed by atoms with Gasteiger partial charge < -0.3 is 5.11 Å². The van der Waals surface area contributed by atoms with Crippen LogP contribution in [0.4, 0.5) is 4.39 Å². The molecular weight excluding hydrogens is 257 g/mol. The number of nitrogens with zero attached hydrogens (tertiary/aromatic N) is 1. The molecule has 3 rings (SSSR count). The fourth-order valence-corrected chi connectivity index (χ4v) is 2.57. The maximum atomic E-state index is 13.9. The lowest BCUT2D eigenvalue weighted by molar-refractivity contribution is -0.140. The van der Waals surface area contributed by atoms with Crippen molar-refractivity contribution in [2.45, 2.75) is 25.2 Å². The highest BCUT2D eigenvalue weighted by atomic mass is 19.1. The molecule has 0 saturated heterocycles. The van der Waals surface area contributed by atoms with Crippen molar-refractivity contribution in [1.29, 1.82) is 0 Å². The summed E-state index contributed by atoms with van der Waals surface area (Å²) in [5.41, 5.74) is 2.17. The fraction of sp³-hybridized carbons (Fsp3) is 0.250. The van der Waals surface area contributed by atoms with E-state index in [-0.39, 0.29) is 0 Å². The van der Waals surface area contributed by atoms with Crippen molar-refractivity contribution in [3.63, 3.8) is 0 Å². The normalized spacial score (nSPS) is 15.9. The van der Waals surface area contributed by atoms with E-state index in [4.69, 9.17) is 0 Å². The summed E-state index contributed by atoms with van der Waals surface area (Å²) >= 11 is 0. The molecule has 0 amide bonds. The van der Waals surface area contributed by atoms with Crippen molar-refractivity contribution in [2.24, 2.45) is 0 Å². The molecule has 0 bridgehead atoms. The molecule has 3 nitrogen and oxygen atoms in total. The molecule has 1 heterocycles. The largest absolute Gasteiger partial charge is 0.481 e. The lowest BCUT2D eigenvalue weighted by Crippen LogP contribution is -2.19. The molecule has 1 aromatic heterocycles. The van der Waals surface area contributed by atoms with Crippen LogP contribution in [-0.2, 0) is 10.2 Å². The Morgan fingerprint density at radius 3 is 2.70 bits per heavy atom. The first-order valence-electron chi connectivity index (χ1n) is 6.48. The van der Waals surface area contributed by atoms with Gasteiger partial charge in [0.1, 0.15) is 5.82 Å². The number of rotatable bonds is 3. The SMILES string of the molecule is Cc1cnccc1-c1cc(F)cc(C2(C(=O)O)CC2)c1. The molecule has 0 radical (unpaired) electrons. The predicted octanol–water partition coefficient (Wildman–Crippen LogP) is 3.31. The second-order valence-electron chi connectivity index (χ2n) is 5.31. The molecule has 1 fully saturated rings. The minimum atomic E-state index is -0.891. The van der Waals surface area contributed by atoms with Crippen molar-refractivity contribution in [3.05, 3.63) is 53.6 Å². The van der Waals surface area contributed by atoms with Gasteiger partial charge in [0.25, 0.3) is 0 Å². The average molecular weight is 271 g/mol. The number of hydrogen-bond donors (Lipinski definition) is 1. The Morgan fingerprint density at radius 2 is 2.10 bits per heavy atom. The second-order valence-corrected chi connectivity index (χ2v) is 5.31. The number of aromatic nitrogens is 1. The molecule has 0 aliphatic heterocycles. The number of hydrogen-bond acceptors (Lipinski definition) is 2. The zero-order valence-electron chi connectivity index (χ0n) is 11.1. The van der Waals surface area contributed by atoms with Gasteiger partial charge in [-0.15, -0.1) is 0 Å². The van der Waals surface area contributed by atoms with E-state index in [0.29, 0.717) is 24.0 Å². The van der Waals surface area contributed by atoms with Crippen LogP contribution in [0.1, 0.15) is 24.0 Å². The first-order chi connectivity index (χ1) is 9.53. The molecule has 0 spiro atoms. The number of aryl methyl sites for hydroxylation is 1. The van der Waals surface area contributed by atoms with E-state index in [2.05, 4.69) is 4.98 Å². The third kappa shape index (κ3) is 1.97. The van der Waals surface area contributed by atoms with Crippen LogP contribution in [0, 0.1) is 12.7 Å². The topological polar surface area (TPSA) is 50.2 Å². The highest BCUT2D eigenvalue weighted by Crippen LogP contribution is 2.49. The zero-order valence-corrected chi connectivity index (χ0v) is 11.1. The summed E-state index contributed by atoms with van der Waals surface area (Å²) in [4.78, 5) is 15.4. The minimum absolute atomic E-state index is 0.402. The first kappa shape index (κ1) is 12.8. The van der Waals surface area contributed by atoms with E-state index >= 15 is 0 Å². The third-order valence-electron chi connectivity index (χ3n) is 3.94. The maximum Gasteiger partial charge on any atom is 0.314 e. The van der Waals surface area contributed by atoms with Crippen molar-refractivity contribution in [2.75, 3.05) is 0 Å². The molecule has 1 N–H and O–H groups in total. The van der Waals surface area contributed by atoms with Crippen molar-refractivity contribution >= 4 is 5.97 Å². The monoisotopic (exact) mass is 271 g/mol. The number of carbonyl (C=O) groups is 1. The van der Waals surface area contributed by atoms with Gasteiger partial charge in [-0.05, 0) is 66.3 Å². The Bertz CT molecular complexity index is 693. The molecule has 0 atom stereocenters. The molecule has 1 aliphatic carbocycles. The second kappa shape index (κ2) is 4.40. The quantitative estimate of drug-likeness (QED) is 0.931. The predicted molar refractivity (Wildman–Crippen MR) is 72.9 cm³/mol. The molecule has 1 aliphatic rings. The summed E-state index contributed by atoms with van der Waals surface area (Å²) in [5.74, 6) is -1.28. The number of carboxylic acids is 1. The Labute approximate surface area is 116 Å². The summed E-state index contributed by atoms with van der Waals surface area (Å²) < 4.78 is 13.9. The summed E-state index contributed by atoms with van der Waals surface area (Å²) in [6.07, 6.45) is 4.50. The molecule has 102 valence electrons. The molecule has 1 saturated carbocycles. The van der Waals surface area contributed by atoms with Crippen LogP contribution < -0.4 is 0 Å². The molecular formula is C16H14FNO2. The van der Waals surface area contributed by atoms with Crippen LogP contribution in [0.2, 0.25) is 0 Å². The van der Waals surface area contributed by atoms with E-state index in [9.17, 15) is 14.3 Å². The van der Waals surface area contributed by atoms with E-state index in [1.807, 2.05) is 13.0 Å². The Kier molecular flexibility index (Phi) is 2.82. The average Bonchev–Trinajstić information content (AvgIpc) is 3.20. The van der Waals surface area contributed by atoms with Crippen molar-refractivity contribution in [3.8, 4) is 11.1 Å². The molecule has 2 aromatic rings. The van der Waals surface area contributed by atoms with E-state index in [1.54, 1.807) is 18.5 Å². The number of benzene rings is 1. The minimum Gasteiger partial charge on any atom is -0.481 e. The van der Waals surface area contributed by atoms with Crippen LogP contribution in [-0.4, -0.2) is 16.1 Å². The van der Waals surface area contributed by atoms with Crippen LogP contribution in [0.25, 0.3) is 11.1 Å². The highest BCUT2D eigenvalue weighted by molar-refractivity contribution is 5.85. The molecule has 20 heavy (non-hydrogen) atoms. The number of halogens is 1. The molecule has 0 unspecified atom stereocenters. The van der Waals surface area contributed by atoms with Gasteiger partial charge in [0.15, 0.2) is 0 Å². The summed E-state index contributed by atoms with van der Waals surface area (Å²) in [7, 11) is 0. The first-order valence-corrected chi connectivity index (χ1v) is 6.48. The number of aliphatic carboxylic acids is 1. The van der Waals surface area contributed by atoms with Gasteiger partial charge in [0, 0.05) is 12.4 Å². The lowest BCUT2D eigenvalue weighted by atomic mass is 9.92. The van der Waals surface area contributed by atoms with Crippen LogP contribution in [0.15, 0.2) is 36.7 Å².